The highest BCUT2D eigenvalue weighted by molar-refractivity contribution is 7.99. The first kappa shape index (κ1) is 25.7. The number of hydrogen-bond donors (Lipinski definition) is 4. The summed E-state index contributed by atoms with van der Waals surface area (Å²) in [5, 5.41) is 31.4. The molecule has 9 heteroatoms. The second-order valence-corrected chi connectivity index (χ2v) is 9.66. The van der Waals surface area contributed by atoms with Crippen LogP contribution < -0.4 is 21.3 Å². The Morgan fingerprint density at radius 1 is 0.541 bits per heavy atom. The molecule has 0 bridgehead atoms. The Bertz CT molecular complexity index is 1390. The van der Waals surface area contributed by atoms with E-state index in [9.17, 15) is 0 Å². The summed E-state index contributed by atoms with van der Waals surface area (Å²) in [6.45, 7) is 0. The number of anilines is 4. The quantitative estimate of drug-likeness (QED) is 0.191. The Morgan fingerprint density at radius 3 is 1.30 bits per heavy atom. The largest absolute Gasteiger partial charge is 0.332 e. The average Bonchev–Trinajstić information content (AvgIpc) is 2.91. The van der Waals surface area contributed by atoms with Crippen LogP contribution in [0.3, 0.4) is 0 Å². The summed E-state index contributed by atoms with van der Waals surface area (Å²) in [7, 11) is 0. The molecule has 0 atom stereocenters. The maximum atomic E-state index is 9.03. The van der Waals surface area contributed by atoms with Gasteiger partial charge in [-0.1, -0.05) is 23.9 Å². The highest BCUT2D eigenvalue weighted by Gasteiger charge is 2.04. The molecule has 0 fully saturated rings. The van der Waals surface area contributed by atoms with E-state index in [1.807, 2.05) is 60.7 Å². The van der Waals surface area contributed by atoms with Crippen LogP contribution in [0.15, 0.2) is 107 Å². The first-order valence-corrected chi connectivity index (χ1v) is 12.7. The van der Waals surface area contributed by atoms with Crippen molar-refractivity contribution in [3.05, 3.63) is 108 Å². The average molecular weight is 537 g/mol. The zero-order valence-electron chi connectivity index (χ0n) is 19.4. The van der Waals surface area contributed by atoms with E-state index in [1.165, 1.54) is 0 Å². The number of nitrogens with one attached hydrogen (secondary N) is 4. The van der Waals surface area contributed by atoms with E-state index in [1.54, 1.807) is 48.2 Å². The third-order valence-electron chi connectivity index (χ3n) is 4.96. The van der Waals surface area contributed by atoms with Crippen molar-refractivity contribution in [2.24, 2.45) is 0 Å². The van der Waals surface area contributed by atoms with Crippen LogP contribution in [0.4, 0.5) is 22.7 Å². The molecule has 0 radical (unpaired) electrons. The van der Waals surface area contributed by atoms with Crippen LogP contribution in [0, 0.1) is 22.7 Å². The maximum Gasteiger partial charge on any atom is 0.175 e. The Hall–Kier alpha value is -4.41. The summed E-state index contributed by atoms with van der Waals surface area (Å²) in [5.74, 6) is 0. The number of nitrogens with zero attached hydrogens (tertiary/aromatic N) is 2. The minimum Gasteiger partial charge on any atom is -0.332 e. The zero-order chi connectivity index (χ0) is 26.0. The van der Waals surface area contributed by atoms with Gasteiger partial charge in [-0.05, 0) is 109 Å². The molecular formula is C28H20N6S3. The summed E-state index contributed by atoms with van der Waals surface area (Å²) < 4.78 is 0. The van der Waals surface area contributed by atoms with Crippen molar-refractivity contribution < 1.29 is 0 Å². The maximum absolute atomic E-state index is 9.03. The van der Waals surface area contributed by atoms with Crippen molar-refractivity contribution >= 4 is 69.2 Å². The van der Waals surface area contributed by atoms with Crippen molar-refractivity contribution in [2.45, 2.75) is 9.79 Å². The van der Waals surface area contributed by atoms with Crippen LogP contribution in [0.2, 0.25) is 0 Å². The molecule has 0 aliphatic carbocycles. The van der Waals surface area contributed by atoms with Gasteiger partial charge >= 0.3 is 0 Å². The highest BCUT2D eigenvalue weighted by atomic mass is 32.2. The number of nitriles is 2. The molecule has 0 heterocycles. The van der Waals surface area contributed by atoms with Gasteiger partial charge in [-0.2, -0.15) is 10.5 Å². The summed E-state index contributed by atoms with van der Waals surface area (Å²) >= 11 is 12.4. The number of benzene rings is 4. The van der Waals surface area contributed by atoms with Gasteiger partial charge in [-0.25, -0.2) is 0 Å². The molecule has 4 aromatic carbocycles. The van der Waals surface area contributed by atoms with Crippen LogP contribution in [0.1, 0.15) is 11.1 Å². The second kappa shape index (κ2) is 12.5. The molecule has 4 aromatic rings. The van der Waals surface area contributed by atoms with Crippen molar-refractivity contribution in [2.75, 3.05) is 21.3 Å². The molecular weight excluding hydrogens is 517 g/mol. The lowest BCUT2D eigenvalue weighted by Gasteiger charge is -2.12. The number of thiocarbonyl (C=S) groups is 2. The van der Waals surface area contributed by atoms with E-state index in [2.05, 4.69) is 33.4 Å². The van der Waals surface area contributed by atoms with E-state index >= 15 is 0 Å². The van der Waals surface area contributed by atoms with Gasteiger partial charge in [0.15, 0.2) is 10.2 Å². The summed E-state index contributed by atoms with van der Waals surface area (Å²) in [6.07, 6.45) is 0. The van der Waals surface area contributed by atoms with Gasteiger partial charge in [0.1, 0.15) is 0 Å². The van der Waals surface area contributed by atoms with Crippen LogP contribution in [-0.4, -0.2) is 10.2 Å². The van der Waals surface area contributed by atoms with E-state index in [-0.39, 0.29) is 0 Å². The predicted molar refractivity (Wildman–Crippen MR) is 159 cm³/mol. The van der Waals surface area contributed by atoms with Gasteiger partial charge in [0, 0.05) is 32.5 Å². The van der Waals surface area contributed by atoms with Crippen molar-refractivity contribution in [3.8, 4) is 12.1 Å². The molecule has 0 saturated carbocycles. The van der Waals surface area contributed by atoms with E-state index < -0.39 is 0 Å². The zero-order valence-corrected chi connectivity index (χ0v) is 21.8. The van der Waals surface area contributed by atoms with Gasteiger partial charge in [0.05, 0.1) is 23.3 Å². The molecule has 0 saturated heterocycles. The molecule has 37 heavy (non-hydrogen) atoms. The Labute approximate surface area is 230 Å². The SMILES string of the molecule is N#Cc1cccc(NC(=S)Nc2ccc(Sc3ccc(NC(=S)Nc4cccc(C#N)c4)cc3)cc2)c1. The Morgan fingerprint density at radius 2 is 0.919 bits per heavy atom. The summed E-state index contributed by atoms with van der Waals surface area (Å²) in [6, 6.07) is 34.4. The van der Waals surface area contributed by atoms with Crippen molar-refractivity contribution in [1.29, 1.82) is 10.5 Å². The van der Waals surface area contributed by atoms with Gasteiger partial charge in [0.2, 0.25) is 0 Å². The molecule has 6 nitrogen and oxygen atoms in total. The molecule has 180 valence electrons. The summed E-state index contributed by atoms with van der Waals surface area (Å²) in [4.78, 5) is 2.17. The Kier molecular flexibility index (Phi) is 8.69. The minimum absolute atomic E-state index is 0.448. The van der Waals surface area contributed by atoms with Gasteiger partial charge in [0.25, 0.3) is 0 Å². The van der Waals surface area contributed by atoms with E-state index in [0.717, 1.165) is 32.5 Å². The van der Waals surface area contributed by atoms with Crippen LogP contribution in [0.25, 0.3) is 0 Å². The topological polar surface area (TPSA) is 95.7 Å². The lowest BCUT2D eigenvalue weighted by Crippen LogP contribution is -2.19. The first-order chi connectivity index (χ1) is 18.0. The fourth-order valence-corrected chi connectivity index (χ4v) is 4.56. The van der Waals surface area contributed by atoms with E-state index in [0.29, 0.717) is 21.4 Å². The molecule has 0 aromatic heterocycles. The Balaban J connectivity index is 1.27. The van der Waals surface area contributed by atoms with Crippen molar-refractivity contribution in [1.82, 2.24) is 0 Å². The van der Waals surface area contributed by atoms with E-state index in [4.69, 9.17) is 35.0 Å². The van der Waals surface area contributed by atoms with Crippen LogP contribution >= 0.6 is 36.2 Å². The number of hydrogen-bond acceptors (Lipinski definition) is 5. The summed E-state index contributed by atoms with van der Waals surface area (Å²) in [5.41, 5.74) is 4.37. The predicted octanol–water partition coefficient (Wildman–Crippen LogP) is 7.20. The molecule has 0 unspecified atom stereocenters. The fraction of sp³-hybridized carbons (Fsp3) is 0. The first-order valence-electron chi connectivity index (χ1n) is 11.0. The standard InChI is InChI=1S/C28H20N6S3/c29-17-19-3-1-5-23(15-19)33-27(35)31-21-7-11-25(12-8-21)37-26-13-9-22(10-14-26)32-28(36)34-24-6-2-4-20(16-24)18-30/h1-16H,(H2,31,33,35)(H2,32,34,36). The minimum atomic E-state index is 0.448. The number of rotatable bonds is 6. The van der Waals surface area contributed by atoms with Gasteiger partial charge in [-0.15, -0.1) is 0 Å². The molecule has 4 N–H and O–H groups in total. The van der Waals surface area contributed by atoms with Crippen LogP contribution in [-0.2, 0) is 0 Å². The van der Waals surface area contributed by atoms with Crippen LogP contribution in [0.5, 0.6) is 0 Å². The smallest absolute Gasteiger partial charge is 0.175 e. The molecule has 0 aliphatic rings. The molecule has 0 amide bonds. The third kappa shape index (κ3) is 7.79. The lowest BCUT2D eigenvalue weighted by molar-refractivity contribution is 1.40. The third-order valence-corrected chi connectivity index (χ3v) is 6.38. The lowest BCUT2D eigenvalue weighted by atomic mass is 10.2. The van der Waals surface area contributed by atoms with Crippen molar-refractivity contribution in [3.63, 3.8) is 0 Å². The fourth-order valence-electron chi connectivity index (χ4n) is 3.27. The second-order valence-electron chi connectivity index (χ2n) is 7.69. The van der Waals surface area contributed by atoms with Gasteiger partial charge in [-0.3, -0.25) is 0 Å². The molecule has 0 spiro atoms. The molecule has 0 aliphatic heterocycles. The molecule has 4 rings (SSSR count). The normalized spacial score (nSPS) is 9.89. The van der Waals surface area contributed by atoms with Gasteiger partial charge < -0.3 is 21.3 Å². The monoisotopic (exact) mass is 536 g/mol. The highest BCUT2D eigenvalue weighted by Crippen LogP contribution is 2.29.